The largest absolute Gasteiger partial charge is 0.313 e. The van der Waals surface area contributed by atoms with E-state index in [1.807, 2.05) is 0 Å². The predicted molar refractivity (Wildman–Crippen MR) is 84.3 cm³/mol. The fourth-order valence-corrected chi connectivity index (χ4v) is 5.66. The standard InChI is InChI=1S/C14H27NS2/c1-5-13-14(17-10-9-16-13)12(15-6-2)8-7-11(3)4/h12-15H,3,5-10H2,1-2,4H3. The molecule has 0 aromatic heterocycles. The summed E-state index contributed by atoms with van der Waals surface area (Å²) < 4.78 is 0. The van der Waals surface area contributed by atoms with Crippen LogP contribution in [0.4, 0.5) is 0 Å². The number of hydrogen-bond acceptors (Lipinski definition) is 3. The molecule has 1 fully saturated rings. The van der Waals surface area contributed by atoms with Crippen LogP contribution in [-0.4, -0.2) is 34.6 Å². The molecule has 1 heterocycles. The molecule has 1 N–H and O–H groups in total. The Bertz CT molecular complexity index is 230. The van der Waals surface area contributed by atoms with Gasteiger partial charge >= 0.3 is 0 Å². The minimum Gasteiger partial charge on any atom is -0.313 e. The Morgan fingerprint density at radius 1 is 1.35 bits per heavy atom. The molecule has 100 valence electrons. The molecule has 1 aliphatic heterocycles. The number of rotatable bonds is 7. The van der Waals surface area contributed by atoms with Gasteiger partial charge in [0.2, 0.25) is 0 Å². The van der Waals surface area contributed by atoms with Crippen LogP contribution in [0.5, 0.6) is 0 Å². The Hall–Kier alpha value is 0.400. The van der Waals surface area contributed by atoms with E-state index in [0.717, 1.165) is 23.5 Å². The zero-order valence-electron chi connectivity index (χ0n) is 11.5. The second-order valence-corrected chi connectivity index (χ2v) is 7.45. The third kappa shape index (κ3) is 5.27. The van der Waals surface area contributed by atoms with Crippen molar-refractivity contribution in [3.63, 3.8) is 0 Å². The second kappa shape index (κ2) is 8.49. The zero-order chi connectivity index (χ0) is 12.7. The van der Waals surface area contributed by atoms with E-state index in [1.54, 1.807) is 0 Å². The first-order chi connectivity index (χ1) is 8.19. The van der Waals surface area contributed by atoms with Gasteiger partial charge in [-0.1, -0.05) is 19.4 Å². The van der Waals surface area contributed by atoms with Crippen LogP contribution in [0.15, 0.2) is 12.2 Å². The van der Waals surface area contributed by atoms with Crippen molar-refractivity contribution in [3.8, 4) is 0 Å². The number of hydrogen-bond donors (Lipinski definition) is 1. The molecule has 0 saturated carbocycles. The summed E-state index contributed by atoms with van der Waals surface area (Å²) in [6.07, 6.45) is 3.71. The van der Waals surface area contributed by atoms with Crippen LogP contribution in [0.3, 0.4) is 0 Å². The van der Waals surface area contributed by atoms with Crippen molar-refractivity contribution in [2.45, 2.75) is 56.6 Å². The summed E-state index contributed by atoms with van der Waals surface area (Å²) in [6.45, 7) is 11.8. The molecule has 0 radical (unpaired) electrons. The third-order valence-corrected chi connectivity index (χ3v) is 6.65. The van der Waals surface area contributed by atoms with Crippen molar-refractivity contribution in [2.24, 2.45) is 0 Å². The van der Waals surface area contributed by atoms with Crippen molar-refractivity contribution < 1.29 is 0 Å². The van der Waals surface area contributed by atoms with Gasteiger partial charge in [-0.3, -0.25) is 0 Å². The van der Waals surface area contributed by atoms with E-state index in [-0.39, 0.29) is 0 Å². The topological polar surface area (TPSA) is 12.0 Å². The SMILES string of the molecule is C=C(C)CCC(NCC)C1SCCSC1CC. The second-order valence-electron chi connectivity index (χ2n) is 4.81. The number of allylic oxidation sites excluding steroid dienone is 1. The normalized spacial score (nSPS) is 26.8. The van der Waals surface area contributed by atoms with Crippen LogP contribution in [0.25, 0.3) is 0 Å². The van der Waals surface area contributed by atoms with Crippen LogP contribution < -0.4 is 5.32 Å². The van der Waals surface area contributed by atoms with Gasteiger partial charge in [-0.2, -0.15) is 23.5 Å². The molecule has 0 aromatic carbocycles. The van der Waals surface area contributed by atoms with Gasteiger partial charge in [-0.15, -0.1) is 6.58 Å². The zero-order valence-corrected chi connectivity index (χ0v) is 13.1. The van der Waals surface area contributed by atoms with Crippen molar-refractivity contribution in [2.75, 3.05) is 18.1 Å². The summed E-state index contributed by atoms with van der Waals surface area (Å²) in [5.74, 6) is 2.65. The van der Waals surface area contributed by atoms with Crippen molar-refractivity contribution in [1.82, 2.24) is 5.32 Å². The molecule has 1 rings (SSSR count). The lowest BCUT2D eigenvalue weighted by Crippen LogP contribution is -2.45. The van der Waals surface area contributed by atoms with Gasteiger partial charge in [0, 0.05) is 28.0 Å². The molecule has 1 aliphatic rings. The van der Waals surface area contributed by atoms with Crippen molar-refractivity contribution in [1.29, 1.82) is 0 Å². The first-order valence-electron chi connectivity index (χ1n) is 6.80. The molecule has 3 unspecified atom stereocenters. The van der Waals surface area contributed by atoms with E-state index in [4.69, 9.17) is 0 Å². The quantitative estimate of drug-likeness (QED) is 0.706. The predicted octanol–water partition coefficient (Wildman–Crippen LogP) is 3.95. The highest BCUT2D eigenvalue weighted by molar-refractivity contribution is 8.07. The van der Waals surface area contributed by atoms with E-state index in [0.29, 0.717) is 6.04 Å². The first kappa shape index (κ1) is 15.5. The van der Waals surface area contributed by atoms with Crippen LogP contribution in [-0.2, 0) is 0 Å². The summed E-state index contributed by atoms with van der Waals surface area (Å²) in [7, 11) is 0. The summed E-state index contributed by atoms with van der Waals surface area (Å²) >= 11 is 4.36. The molecule has 0 bridgehead atoms. The Balaban J connectivity index is 2.56. The lowest BCUT2D eigenvalue weighted by molar-refractivity contribution is 0.464. The maximum atomic E-state index is 4.03. The van der Waals surface area contributed by atoms with Gasteiger partial charge < -0.3 is 5.32 Å². The average Bonchev–Trinajstić information content (AvgIpc) is 2.34. The fourth-order valence-electron chi connectivity index (χ4n) is 2.36. The lowest BCUT2D eigenvalue weighted by atomic mass is 10.0. The van der Waals surface area contributed by atoms with Crippen molar-refractivity contribution >= 4 is 23.5 Å². The molecule has 3 heteroatoms. The average molecular weight is 274 g/mol. The van der Waals surface area contributed by atoms with Gasteiger partial charge in [0.25, 0.3) is 0 Å². The minimum atomic E-state index is 0.666. The summed E-state index contributed by atoms with van der Waals surface area (Å²) in [4.78, 5) is 0. The van der Waals surface area contributed by atoms with E-state index in [9.17, 15) is 0 Å². The minimum absolute atomic E-state index is 0.666. The van der Waals surface area contributed by atoms with Crippen LogP contribution in [0.2, 0.25) is 0 Å². The third-order valence-electron chi connectivity index (χ3n) is 3.24. The Kier molecular flexibility index (Phi) is 7.72. The van der Waals surface area contributed by atoms with Crippen LogP contribution >= 0.6 is 23.5 Å². The maximum Gasteiger partial charge on any atom is 0.0320 e. The van der Waals surface area contributed by atoms with Gasteiger partial charge in [0.1, 0.15) is 0 Å². The van der Waals surface area contributed by atoms with Crippen LogP contribution in [0, 0.1) is 0 Å². The Morgan fingerprint density at radius 3 is 2.65 bits per heavy atom. The highest BCUT2D eigenvalue weighted by Crippen LogP contribution is 2.36. The summed E-state index contributed by atoms with van der Waals surface area (Å²) in [5, 5.41) is 5.32. The summed E-state index contributed by atoms with van der Waals surface area (Å²) in [6, 6.07) is 0.666. The number of thioether (sulfide) groups is 2. The smallest absolute Gasteiger partial charge is 0.0320 e. The molecule has 1 saturated heterocycles. The first-order valence-corrected chi connectivity index (χ1v) is 8.89. The molecule has 0 amide bonds. The van der Waals surface area contributed by atoms with Gasteiger partial charge in [0.15, 0.2) is 0 Å². The monoisotopic (exact) mass is 273 g/mol. The maximum absolute atomic E-state index is 4.03. The molecule has 3 atom stereocenters. The van der Waals surface area contributed by atoms with E-state index in [2.05, 4.69) is 56.2 Å². The van der Waals surface area contributed by atoms with Crippen LogP contribution in [0.1, 0.15) is 40.0 Å². The molecular formula is C14H27NS2. The Labute approximate surface area is 116 Å². The van der Waals surface area contributed by atoms with E-state index >= 15 is 0 Å². The summed E-state index contributed by atoms with van der Waals surface area (Å²) in [5.41, 5.74) is 1.31. The molecule has 0 spiro atoms. The molecular weight excluding hydrogens is 246 g/mol. The van der Waals surface area contributed by atoms with Gasteiger partial charge in [-0.05, 0) is 32.7 Å². The number of nitrogens with one attached hydrogen (secondary N) is 1. The van der Waals surface area contributed by atoms with Crippen molar-refractivity contribution in [3.05, 3.63) is 12.2 Å². The van der Waals surface area contributed by atoms with Gasteiger partial charge in [0.05, 0.1) is 0 Å². The lowest BCUT2D eigenvalue weighted by Gasteiger charge is -2.36. The highest BCUT2D eigenvalue weighted by Gasteiger charge is 2.31. The molecule has 1 nitrogen and oxygen atoms in total. The molecule has 17 heavy (non-hydrogen) atoms. The fraction of sp³-hybridized carbons (Fsp3) is 0.857. The van der Waals surface area contributed by atoms with E-state index < -0.39 is 0 Å². The molecule has 0 aliphatic carbocycles. The van der Waals surface area contributed by atoms with E-state index in [1.165, 1.54) is 29.9 Å². The molecule has 0 aromatic rings. The Morgan fingerprint density at radius 2 is 2.06 bits per heavy atom. The van der Waals surface area contributed by atoms with Gasteiger partial charge in [-0.25, -0.2) is 0 Å². The highest BCUT2D eigenvalue weighted by atomic mass is 32.2.